The minimum atomic E-state index is -0.0437. The second kappa shape index (κ2) is 8.62. The molecule has 1 unspecified atom stereocenters. The first-order chi connectivity index (χ1) is 10.8. The molecule has 1 N–H and O–H groups in total. The number of nitrogens with one attached hydrogen (secondary N) is 1. The summed E-state index contributed by atoms with van der Waals surface area (Å²) in [6.07, 6.45) is 0. The van der Waals surface area contributed by atoms with E-state index >= 15 is 0 Å². The Labute approximate surface area is 138 Å². The van der Waals surface area contributed by atoms with Gasteiger partial charge < -0.3 is 24.4 Å². The van der Waals surface area contributed by atoms with Gasteiger partial charge in [-0.25, -0.2) is 0 Å². The number of ether oxygens (including phenoxy) is 3. The standard InChI is InChI=1S/C17H28N2O4/c1-11(2)17(20)18-10-13(19(3)4)12-8-14(21-5)16(23-7)15(9-12)22-6/h8-9,11,13H,10H2,1-7H3,(H,18,20). The Bertz CT molecular complexity index is 504. The van der Waals surface area contributed by atoms with Crippen molar-refractivity contribution in [2.24, 2.45) is 5.92 Å². The monoisotopic (exact) mass is 324 g/mol. The summed E-state index contributed by atoms with van der Waals surface area (Å²) in [5.74, 6) is 1.75. The van der Waals surface area contributed by atoms with Gasteiger partial charge in [0.25, 0.3) is 0 Å². The molecule has 0 aliphatic carbocycles. The fraction of sp³-hybridized carbons (Fsp3) is 0.588. The zero-order valence-corrected chi connectivity index (χ0v) is 15.1. The Morgan fingerprint density at radius 2 is 1.61 bits per heavy atom. The van der Waals surface area contributed by atoms with Gasteiger partial charge in [0.2, 0.25) is 11.7 Å². The molecule has 0 fully saturated rings. The zero-order chi connectivity index (χ0) is 17.6. The van der Waals surface area contributed by atoms with Crippen LogP contribution in [0.3, 0.4) is 0 Å². The van der Waals surface area contributed by atoms with Crippen LogP contribution in [0.4, 0.5) is 0 Å². The highest BCUT2D eigenvalue weighted by molar-refractivity contribution is 5.77. The molecule has 6 nitrogen and oxygen atoms in total. The van der Waals surface area contributed by atoms with Crippen molar-refractivity contribution in [3.63, 3.8) is 0 Å². The Morgan fingerprint density at radius 1 is 1.09 bits per heavy atom. The van der Waals surface area contributed by atoms with Gasteiger partial charge in [-0.2, -0.15) is 0 Å². The third-order valence-electron chi connectivity index (χ3n) is 3.69. The first-order valence-electron chi connectivity index (χ1n) is 7.59. The summed E-state index contributed by atoms with van der Waals surface area (Å²) >= 11 is 0. The summed E-state index contributed by atoms with van der Waals surface area (Å²) in [6, 6.07) is 3.81. The van der Waals surface area contributed by atoms with Gasteiger partial charge in [0.15, 0.2) is 11.5 Å². The fourth-order valence-electron chi connectivity index (χ4n) is 2.29. The number of hydrogen-bond acceptors (Lipinski definition) is 5. The molecule has 0 aliphatic heterocycles. The van der Waals surface area contributed by atoms with Crippen LogP contribution in [0.2, 0.25) is 0 Å². The number of nitrogens with zero attached hydrogens (tertiary/aromatic N) is 1. The summed E-state index contributed by atoms with van der Waals surface area (Å²) in [7, 11) is 8.69. The van der Waals surface area contributed by atoms with Crippen LogP contribution < -0.4 is 19.5 Å². The highest BCUT2D eigenvalue weighted by Crippen LogP contribution is 2.40. The number of methoxy groups -OCH3 is 3. The lowest BCUT2D eigenvalue weighted by molar-refractivity contribution is -0.124. The normalized spacial score (nSPS) is 12.2. The van der Waals surface area contributed by atoms with Crippen LogP contribution in [0, 0.1) is 5.92 Å². The quantitative estimate of drug-likeness (QED) is 0.793. The molecule has 0 bridgehead atoms. The fourth-order valence-corrected chi connectivity index (χ4v) is 2.29. The number of carbonyl (C=O) groups excluding carboxylic acids is 1. The molecule has 0 radical (unpaired) electrons. The van der Waals surface area contributed by atoms with Crippen molar-refractivity contribution in [2.75, 3.05) is 42.0 Å². The van der Waals surface area contributed by atoms with Crippen molar-refractivity contribution in [1.82, 2.24) is 10.2 Å². The van der Waals surface area contributed by atoms with Gasteiger partial charge >= 0.3 is 0 Å². The topological polar surface area (TPSA) is 60.0 Å². The summed E-state index contributed by atoms with van der Waals surface area (Å²) in [5.41, 5.74) is 0.980. The van der Waals surface area contributed by atoms with Crippen LogP contribution in [0.15, 0.2) is 12.1 Å². The van der Waals surface area contributed by atoms with Gasteiger partial charge in [0.05, 0.1) is 27.4 Å². The summed E-state index contributed by atoms with van der Waals surface area (Å²) in [5, 5.41) is 2.97. The number of rotatable bonds is 8. The van der Waals surface area contributed by atoms with Crippen LogP contribution >= 0.6 is 0 Å². The first-order valence-corrected chi connectivity index (χ1v) is 7.59. The second-order valence-electron chi connectivity index (χ2n) is 5.84. The molecule has 1 aromatic carbocycles. The van der Waals surface area contributed by atoms with Crippen molar-refractivity contribution in [3.8, 4) is 17.2 Å². The van der Waals surface area contributed by atoms with E-state index < -0.39 is 0 Å². The smallest absolute Gasteiger partial charge is 0.222 e. The average Bonchev–Trinajstić information content (AvgIpc) is 2.53. The number of likely N-dealkylation sites (N-methyl/N-ethyl adjacent to an activating group) is 1. The van der Waals surface area contributed by atoms with Gasteiger partial charge in [0, 0.05) is 12.5 Å². The van der Waals surface area contributed by atoms with E-state index in [-0.39, 0.29) is 17.9 Å². The molecule has 0 heterocycles. The van der Waals surface area contributed by atoms with Gasteiger partial charge in [-0.15, -0.1) is 0 Å². The Morgan fingerprint density at radius 3 is 1.96 bits per heavy atom. The van der Waals surface area contributed by atoms with Crippen LogP contribution in [0.1, 0.15) is 25.5 Å². The molecule has 130 valence electrons. The molecule has 1 aromatic rings. The van der Waals surface area contributed by atoms with E-state index in [1.165, 1.54) is 0 Å². The van der Waals surface area contributed by atoms with E-state index in [1.54, 1.807) is 21.3 Å². The maximum absolute atomic E-state index is 11.8. The molecule has 0 spiro atoms. The van der Waals surface area contributed by atoms with Gasteiger partial charge in [0.1, 0.15) is 0 Å². The maximum atomic E-state index is 11.8. The third kappa shape index (κ3) is 4.76. The average molecular weight is 324 g/mol. The van der Waals surface area contributed by atoms with Crippen molar-refractivity contribution in [3.05, 3.63) is 17.7 Å². The molecule has 1 atom stereocenters. The van der Waals surface area contributed by atoms with Crippen molar-refractivity contribution in [2.45, 2.75) is 19.9 Å². The molecule has 23 heavy (non-hydrogen) atoms. The van der Waals surface area contributed by atoms with Gasteiger partial charge in [-0.05, 0) is 31.8 Å². The SMILES string of the molecule is COc1cc(C(CNC(=O)C(C)C)N(C)C)cc(OC)c1OC. The number of hydrogen-bond donors (Lipinski definition) is 1. The molecule has 0 saturated carbocycles. The van der Waals surface area contributed by atoms with Crippen molar-refractivity contribution in [1.29, 1.82) is 0 Å². The highest BCUT2D eigenvalue weighted by atomic mass is 16.5. The van der Waals surface area contributed by atoms with E-state index in [0.717, 1.165) is 5.56 Å². The minimum Gasteiger partial charge on any atom is -0.493 e. The lowest BCUT2D eigenvalue weighted by atomic mass is 10.0. The number of carbonyl (C=O) groups is 1. The minimum absolute atomic E-state index is 0.00796. The molecule has 0 saturated heterocycles. The van der Waals surface area contributed by atoms with Crippen molar-refractivity contribution < 1.29 is 19.0 Å². The molecule has 6 heteroatoms. The van der Waals surface area contributed by atoms with Crippen LogP contribution in [0.25, 0.3) is 0 Å². The molecule has 1 amide bonds. The predicted octanol–water partition coefficient (Wildman–Crippen LogP) is 2.09. The Hall–Kier alpha value is -1.95. The summed E-state index contributed by atoms with van der Waals surface area (Å²) < 4.78 is 16.2. The molecule has 1 rings (SSSR count). The number of amides is 1. The Kier molecular flexibility index (Phi) is 7.16. The molecule has 0 aromatic heterocycles. The van der Waals surface area contributed by atoms with E-state index in [0.29, 0.717) is 23.8 Å². The lowest BCUT2D eigenvalue weighted by Gasteiger charge is -2.27. The van der Waals surface area contributed by atoms with Gasteiger partial charge in [-0.3, -0.25) is 4.79 Å². The maximum Gasteiger partial charge on any atom is 0.222 e. The van der Waals surface area contributed by atoms with Crippen LogP contribution in [-0.4, -0.2) is 52.8 Å². The third-order valence-corrected chi connectivity index (χ3v) is 3.69. The highest BCUT2D eigenvalue weighted by Gasteiger charge is 2.21. The summed E-state index contributed by atoms with van der Waals surface area (Å²) in [4.78, 5) is 13.9. The van der Waals surface area contributed by atoms with E-state index in [1.807, 2.05) is 45.0 Å². The largest absolute Gasteiger partial charge is 0.493 e. The molecular weight excluding hydrogens is 296 g/mol. The molecule has 0 aliphatic rings. The van der Waals surface area contributed by atoms with Crippen LogP contribution in [-0.2, 0) is 4.79 Å². The second-order valence-corrected chi connectivity index (χ2v) is 5.84. The van der Waals surface area contributed by atoms with E-state index in [4.69, 9.17) is 14.2 Å². The lowest BCUT2D eigenvalue weighted by Crippen LogP contribution is -2.36. The van der Waals surface area contributed by atoms with Gasteiger partial charge in [-0.1, -0.05) is 13.8 Å². The number of benzene rings is 1. The Balaban J connectivity index is 3.14. The first kappa shape index (κ1) is 19.1. The van der Waals surface area contributed by atoms with Crippen molar-refractivity contribution >= 4 is 5.91 Å². The molecular formula is C17H28N2O4. The predicted molar refractivity (Wildman–Crippen MR) is 90.4 cm³/mol. The van der Waals surface area contributed by atoms with E-state index in [2.05, 4.69) is 5.32 Å². The zero-order valence-electron chi connectivity index (χ0n) is 15.1. The summed E-state index contributed by atoms with van der Waals surface area (Å²) in [6.45, 7) is 4.25. The van der Waals surface area contributed by atoms with Crippen LogP contribution in [0.5, 0.6) is 17.2 Å². The van der Waals surface area contributed by atoms with E-state index in [9.17, 15) is 4.79 Å².